The highest BCUT2D eigenvalue weighted by Crippen LogP contribution is 2.29. The van der Waals surface area contributed by atoms with E-state index in [-0.39, 0.29) is 5.91 Å². The van der Waals surface area contributed by atoms with Crippen molar-refractivity contribution in [3.8, 4) is 17.0 Å². The largest absolute Gasteiger partial charge is 0.497 e. The Bertz CT molecular complexity index is 1500. The SMILES string of the molecule is COc1ccc(Cc2nc(-c3ccccc3)c3n2CCN(C(=O)CCc2cn4ccccc4n2)C3)cc1. The Morgan fingerprint density at radius 2 is 1.76 bits per heavy atom. The highest BCUT2D eigenvalue weighted by molar-refractivity contribution is 5.77. The van der Waals surface area contributed by atoms with E-state index < -0.39 is 0 Å². The number of benzene rings is 2. The number of aromatic nitrogens is 4. The molecule has 0 unspecified atom stereocenters. The van der Waals surface area contributed by atoms with Crippen LogP contribution >= 0.6 is 0 Å². The Balaban J connectivity index is 1.23. The summed E-state index contributed by atoms with van der Waals surface area (Å²) < 4.78 is 9.61. The summed E-state index contributed by atoms with van der Waals surface area (Å²) in [4.78, 5) is 25.0. The van der Waals surface area contributed by atoms with Gasteiger partial charge in [-0.1, -0.05) is 48.5 Å². The average molecular weight is 492 g/mol. The van der Waals surface area contributed by atoms with E-state index in [1.807, 2.05) is 70.2 Å². The van der Waals surface area contributed by atoms with Gasteiger partial charge in [0.1, 0.15) is 17.2 Å². The second kappa shape index (κ2) is 9.93. The van der Waals surface area contributed by atoms with Crippen LogP contribution in [0.2, 0.25) is 0 Å². The van der Waals surface area contributed by atoms with Crippen LogP contribution in [0.5, 0.6) is 5.75 Å². The lowest BCUT2D eigenvalue weighted by Crippen LogP contribution is -2.38. The van der Waals surface area contributed by atoms with Gasteiger partial charge in [-0.15, -0.1) is 0 Å². The third-order valence-corrected chi connectivity index (χ3v) is 7.02. The minimum Gasteiger partial charge on any atom is -0.497 e. The second-order valence-corrected chi connectivity index (χ2v) is 9.38. The summed E-state index contributed by atoms with van der Waals surface area (Å²) in [6.45, 7) is 1.97. The van der Waals surface area contributed by atoms with Gasteiger partial charge in [-0.2, -0.15) is 0 Å². The van der Waals surface area contributed by atoms with Crippen molar-refractivity contribution in [3.05, 3.63) is 108 Å². The first-order valence-electron chi connectivity index (χ1n) is 12.6. The molecular formula is C30H29N5O2. The first kappa shape index (κ1) is 23.0. The highest BCUT2D eigenvalue weighted by atomic mass is 16.5. The quantitative estimate of drug-likeness (QED) is 0.329. The van der Waals surface area contributed by atoms with E-state index in [1.165, 1.54) is 5.56 Å². The van der Waals surface area contributed by atoms with Gasteiger partial charge in [-0.05, 0) is 36.2 Å². The normalized spacial score (nSPS) is 13.1. The summed E-state index contributed by atoms with van der Waals surface area (Å²) >= 11 is 0. The van der Waals surface area contributed by atoms with Crippen molar-refractivity contribution >= 4 is 11.6 Å². The molecule has 0 bridgehead atoms. The van der Waals surface area contributed by atoms with Crippen molar-refractivity contribution in [2.75, 3.05) is 13.7 Å². The van der Waals surface area contributed by atoms with Crippen LogP contribution in [0.15, 0.2) is 85.2 Å². The second-order valence-electron chi connectivity index (χ2n) is 9.38. The molecule has 0 saturated carbocycles. The van der Waals surface area contributed by atoms with E-state index >= 15 is 0 Å². The average Bonchev–Trinajstić information content (AvgIpc) is 3.53. The molecule has 1 aliphatic rings. The standard InChI is InChI=1S/C30H29N5O2/c1-37-25-13-10-22(11-14-25)19-28-32-30(23-7-3-2-4-8-23)26-21-34(17-18-35(26)28)29(36)15-12-24-20-33-16-6-5-9-27(33)31-24/h2-11,13-14,16,20H,12,15,17-19,21H2,1H3. The summed E-state index contributed by atoms with van der Waals surface area (Å²) in [6.07, 6.45) is 5.79. The van der Waals surface area contributed by atoms with E-state index in [1.54, 1.807) is 7.11 Å². The van der Waals surface area contributed by atoms with Crippen LogP contribution in [-0.2, 0) is 30.7 Å². The van der Waals surface area contributed by atoms with Gasteiger partial charge in [0.2, 0.25) is 5.91 Å². The molecule has 0 atom stereocenters. The van der Waals surface area contributed by atoms with Gasteiger partial charge in [-0.3, -0.25) is 4.79 Å². The van der Waals surface area contributed by atoms with Crippen molar-refractivity contribution in [3.63, 3.8) is 0 Å². The Kier molecular flexibility index (Phi) is 6.18. The van der Waals surface area contributed by atoms with Crippen LogP contribution in [0, 0.1) is 0 Å². The molecule has 0 fully saturated rings. The summed E-state index contributed by atoms with van der Waals surface area (Å²) in [5, 5.41) is 0. The van der Waals surface area contributed by atoms with Crippen molar-refractivity contribution in [1.29, 1.82) is 0 Å². The minimum atomic E-state index is 0.153. The molecule has 6 rings (SSSR count). The topological polar surface area (TPSA) is 64.7 Å². The fraction of sp³-hybridized carbons (Fsp3) is 0.233. The number of amides is 1. The molecule has 0 aliphatic carbocycles. The highest BCUT2D eigenvalue weighted by Gasteiger charge is 2.27. The predicted octanol–water partition coefficient (Wildman–Crippen LogP) is 4.77. The fourth-order valence-electron chi connectivity index (χ4n) is 5.04. The van der Waals surface area contributed by atoms with Crippen molar-refractivity contribution in [1.82, 2.24) is 23.8 Å². The number of nitrogens with zero attached hydrogens (tertiary/aromatic N) is 5. The van der Waals surface area contributed by atoms with E-state index in [0.29, 0.717) is 25.9 Å². The molecule has 7 nitrogen and oxygen atoms in total. The molecule has 0 N–H and O–H groups in total. The van der Waals surface area contributed by atoms with E-state index in [2.05, 4.69) is 33.8 Å². The van der Waals surface area contributed by atoms with Gasteiger partial charge in [0, 0.05) is 43.9 Å². The van der Waals surface area contributed by atoms with Gasteiger partial charge in [0.25, 0.3) is 0 Å². The zero-order valence-corrected chi connectivity index (χ0v) is 20.9. The van der Waals surface area contributed by atoms with Crippen LogP contribution < -0.4 is 4.74 Å². The number of ether oxygens (including phenoxy) is 1. The molecular weight excluding hydrogens is 462 g/mol. The number of rotatable bonds is 7. The van der Waals surface area contributed by atoms with Crippen LogP contribution in [-0.4, -0.2) is 43.4 Å². The van der Waals surface area contributed by atoms with Crippen molar-refractivity contribution in [2.24, 2.45) is 0 Å². The maximum atomic E-state index is 13.3. The number of hydrogen-bond acceptors (Lipinski definition) is 4. The monoisotopic (exact) mass is 491 g/mol. The smallest absolute Gasteiger partial charge is 0.223 e. The van der Waals surface area contributed by atoms with Crippen LogP contribution in [0.25, 0.3) is 16.9 Å². The number of aryl methyl sites for hydroxylation is 1. The van der Waals surface area contributed by atoms with Crippen LogP contribution in [0.1, 0.15) is 29.2 Å². The minimum absolute atomic E-state index is 0.153. The number of pyridine rings is 1. The first-order chi connectivity index (χ1) is 18.2. The zero-order valence-electron chi connectivity index (χ0n) is 20.9. The predicted molar refractivity (Wildman–Crippen MR) is 142 cm³/mol. The maximum Gasteiger partial charge on any atom is 0.223 e. The molecule has 7 heteroatoms. The van der Waals surface area contributed by atoms with Crippen molar-refractivity contribution in [2.45, 2.75) is 32.4 Å². The van der Waals surface area contributed by atoms with E-state index in [0.717, 1.165) is 52.8 Å². The fourth-order valence-corrected chi connectivity index (χ4v) is 5.04. The summed E-state index contributed by atoms with van der Waals surface area (Å²) in [7, 11) is 1.68. The lowest BCUT2D eigenvalue weighted by molar-refractivity contribution is -0.132. The Morgan fingerprint density at radius 3 is 2.54 bits per heavy atom. The Morgan fingerprint density at radius 1 is 0.946 bits per heavy atom. The third kappa shape index (κ3) is 4.72. The maximum absolute atomic E-state index is 13.3. The lowest BCUT2D eigenvalue weighted by Gasteiger charge is -2.29. The zero-order chi connectivity index (χ0) is 25.2. The number of fused-ring (bicyclic) bond motifs is 2. The van der Waals surface area contributed by atoms with Gasteiger partial charge in [0.15, 0.2) is 0 Å². The molecule has 1 aliphatic heterocycles. The third-order valence-electron chi connectivity index (χ3n) is 7.02. The van der Waals surface area contributed by atoms with Gasteiger partial charge >= 0.3 is 0 Å². The molecule has 0 radical (unpaired) electrons. The summed E-state index contributed by atoms with van der Waals surface area (Å²) in [5.41, 5.74) is 6.16. The molecule has 2 aromatic carbocycles. The molecule has 4 heterocycles. The molecule has 186 valence electrons. The molecule has 0 saturated heterocycles. The first-order valence-corrected chi connectivity index (χ1v) is 12.6. The van der Waals surface area contributed by atoms with Crippen molar-refractivity contribution < 1.29 is 9.53 Å². The summed E-state index contributed by atoms with van der Waals surface area (Å²) in [5.74, 6) is 2.02. The number of carbonyl (C=O) groups excluding carboxylic acids is 1. The molecule has 0 spiro atoms. The summed E-state index contributed by atoms with van der Waals surface area (Å²) in [6, 6.07) is 24.3. The van der Waals surface area contributed by atoms with Gasteiger partial charge in [0.05, 0.1) is 30.7 Å². The van der Waals surface area contributed by atoms with E-state index in [9.17, 15) is 4.79 Å². The lowest BCUT2D eigenvalue weighted by atomic mass is 10.1. The molecule has 37 heavy (non-hydrogen) atoms. The number of imidazole rings is 2. The Hall–Kier alpha value is -4.39. The number of methoxy groups -OCH3 is 1. The Labute approximate surface area is 216 Å². The van der Waals surface area contributed by atoms with E-state index in [4.69, 9.17) is 9.72 Å². The van der Waals surface area contributed by atoms with Crippen LogP contribution in [0.4, 0.5) is 0 Å². The van der Waals surface area contributed by atoms with Gasteiger partial charge in [-0.25, -0.2) is 9.97 Å². The molecule has 3 aromatic heterocycles. The number of carbonyl (C=O) groups is 1. The van der Waals surface area contributed by atoms with Crippen LogP contribution in [0.3, 0.4) is 0 Å². The van der Waals surface area contributed by atoms with Gasteiger partial charge < -0.3 is 18.6 Å². The molecule has 5 aromatic rings. The number of hydrogen-bond donors (Lipinski definition) is 0. The molecule has 1 amide bonds.